The first-order chi connectivity index (χ1) is 8.65. The molecule has 1 aromatic carbocycles. The number of nitrogens with one attached hydrogen (secondary N) is 2. The predicted octanol–water partition coefficient (Wildman–Crippen LogP) is 2.73. The van der Waals surface area contributed by atoms with Crippen molar-refractivity contribution in [3.8, 4) is 0 Å². The molecule has 1 aliphatic rings. The highest BCUT2D eigenvalue weighted by atomic mass is 16.2. The van der Waals surface area contributed by atoms with Crippen LogP contribution in [0.15, 0.2) is 36.4 Å². The Balaban J connectivity index is 1.94. The lowest BCUT2D eigenvalue weighted by molar-refractivity contribution is 0.101. The summed E-state index contributed by atoms with van der Waals surface area (Å²) in [4.78, 5) is 22.9. The molecular weight excluding hydrogens is 228 g/mol. The van der Waals surface area contributed by atoms with E-state index in [2.05, 4.69) is 22.8 Å². The number of carbonyl (C=O) groups is 2. The van der Waals surface area contributed by atoms with Gasteiger partial charge in [-0.3, -0.25) is 4.79 Å². The van der Waals surface area contributed by atoms with Crippen LogP contribution in [0.3, 0.4) is 0 Å². The number of hydrogen-bond acceptors (Lipinski definition) is 2. The van der Waals surface area contributed by atoms with Crippen LogP contribution in [0.2, 0.25) is 0 Å². The van der Waals surface area contributed by atoms with Crippen molar-refractivity contribution < 1.29 is 9.59 Å². The highest BCUT2D eigenvalue weighted by Gasteiger charge is 2.13. The minimum Gasteiger partial charge on any atom is -0.335 e. The summed E-state index contributed by atoms with van der Waals surface area (Å²) in [5.41, 5.74) is 1.22. The monoisotopic (exact) mass is 244 g/mol. The van der Waals surface area contributed by atoms with Crippen molar-refractivity contribution >= 4 is 17.5 Å². The average Bonchev–Trinajstić information content (AvgIpc) is 2.82. The number of carbonyl (C=O) groups excluding carboxylic acids is 2. The molecule has 0 aromatic heterocycles. The van der Waals surface area contributed by atoms with E-state index in [4.69, 9.17) is 0 Å². The molecule has 0 heterocycles. The average molecular weight is 244 g/mol. The van der Waals surface area contributed by atoms with E-state index in [1.807, 2.05) is 0 Å². The highest BCUT2D eigenvalue weighted by molar-refractivity contribution is 5.96. The van der Waals surface area contributed by atoms with Crippen LogP contribution in [0.25, 0.3) is 0 Å². The van der Waals surface area contributed by atoms with Crippen LogP contribution in [0.1, 0.15) is 30.1 Å². The first-order valence-electron chi connectivity index (χ1n) is 5.98. The number of ketones is 1. The van der Waals surface area contributed by atoms with E-state index in [9.17, 15) is 9.59 Å². The number of benzene rings is 1. The molecule has 0 saturated carbocycles. The van der Waals surface area contributed by atoms with Crippen LogP contribution in [0.5, 0.6) is 0 Å². The van der Waals surface area contributed by atoms with Gasteiger partial charge in [0.15, 0.2) is 5.78 Å². The number of hydrogen-bond donors (Lipinski definition) is 2. The normalized spacial score (nSPS) is 14.5. The number of urea groups is 1. The first kappa shape index (κ1) is 12.4. The Labute approximate surface area is 106 Å². The molecule has 2 rings (SSSR count). The number of rotatable bonds is 3. The van der Waals surface area contributed by atoms with Crippen molar-refractivity contribution in [1.29, 1.82) is 0 Å². The molecule has 0 bridgehead atoms. The Morgan fingerprint density at radius 3 is 2.61 bits per heavy atom. The minimum atomic E-state index is -0.232. The van der Waals surface area contributed by atoms with Gasteiger partial charge in [-0.2, -0.15) is 0 Å². The van der Waals surface area contributed by atoms with Crippen molar-refractivity contribution in [1.82, 2.24) is 5.32 Å². The fraction of sp³-hybridized carbons (Fsp3) is 0.286. The van der Waals surface area contributed by atoms with E-state index in [0.29, 0.717) is 11.3 Å². The van der Waals surface area contributed by atoms with Gasteiger partial charge >= 0.3 is 6.03 Å². The van der Waals surface area contributed by atoms with E-state index in [1.165, 1.54) is 6.92 Å². The summed E-state index contributed by atoms with van der Waals surface area (Å²) in [5, 5.41) is 5.61. The van der Waals surface area contributed by atoms with Gasteiger partial charge in [-0.25, -0.2) is 4.79 Å². The van der Waals surface area contributed by atoms with Crippen molar-refractivity contribution in [3.63, 3.8) is 0 Å². The zero-order valence-corrected chi connectivity index (χ0v) is 10.3. The maximum atomic E-state index is 11.7. The zero-order valence-electron chi connectivity index (χ0n) is 10.3. The third-order valence-corrected chi connectivity index (χ3v) is 2.87. The van der Waals surface area contributed by atoms with Gasteiger partial charge in [-0.05, 0) is 31.9 Å². The molecule has 1 aliphatic carbocycles. The van der Waals surface area contributed by atoms with Gasteiger partial charge < -0.3 is 10.6 Å². The third-order valence-electron chi connectivity index (χ3n) is 2.87. The zero-order chi connectivity index (χ0) is 13.0. The summed E-state index contributed by atoms with van der Waals surface area (Å²) in [6, 6.07) is 6.87. The van der Waals surface area contributed by atoms with E-state index in [-0.39, 0.29) is 17.9 Å². The lowest BCUT2D eigenvalue weighted by Crippen LogP contribution is -2.36. The topological polar surface area (TPSA) is 58.2 Å². The molecule has 0 spiro atoms. The van der Waals surface area contributed by atoms with Gasteiger partial charge in [0.05, 0.1) is 0 Å². The van der Waals surface area contributed by atoms with Gasteiger partial charge in [0.25, 0.3) is 0 Å². The van der Waals surface area contributed by atoms with Gasteiger partial charge in [-0.15, -0.1) is 0 Å². The molecule has 2 amide bonds. The SMILES string of the molecule is CC(=O)c1cccc(NC(=O)NC2CC=CC2)c1. The van der Waals surface area contributed by atoms with Crippen LogP contribution in [0, 0.1) is 0 Å². The maximum Gasteiger partial charge on any atom is 0.319 e. The first-order valence-corrected chi connectivity index (χ1v) is 5.98. The molecule has 4 heteroatoms. The standard InChI is InChI=1S/C14H16N2O2/c1-10(17)11-5-4-8-13(9-11)16-14(18)15-12-6-2-3-7-12/h2-5,8-9,12H,6-7H2,1H3,(H2,15,16,18). The second-order valence-corrected chi connectivity index (χ2v) is 4.38. The molecule has 18 heavy (non-hydrogen) atoms. The molecule has 94 valence electrons. The van der Waals surface area contributed by atoms with Gasteiger partial charge in [0, 0.05) is 17.3 Å². The fourth-order valence-corrected chi connectivity index (χ4v) is 1.90. The minimum absolute atomic E-state index is 0.0148. The number of amides is 2. The summed E-state index contributed by atoms with van der Waals surface area (Å²) < 4.78 is 0. The Morgan fingerprint density at radius 1 is 1.22 bits per heavy atom. The van der Waals surface area contributed by atoms with Crippen molar-refractivity contribution in [3.05, 3.63) is 42.0 Å². The van der Waals surface area contributed by atoms with E-state index < -0.39 is 0 Å². The number of anilines is 1. The fourth-order valence-electron chi connectivity index (χ4n) is 1.90. The molecule has 4 nitrogen and oxygen atoms in total. The van der Waals surface area contributed by atoms with Crippen LogP contribution >= 0.6 is 0 Å². The summed E-state index contributed by atoms with van der Waals surface area (Å²) in [6.07, 6.45) is 5.87. The van der Waals surface area contributed by atoms with Crippen LogP contribution in [-0.4, -0.2) is 17.9 Å². The summed E-state index contributed by atoms with van der Waals surface area (Å²) >= 11 is 0. The summed E-state index contributed by atoms with van der Waals surface area (Å²) in [5.74, 6) is -0.0148. The Hall–Kier alpha value is -2.10. The second kappa shape index (κ2) is 5.49. The molecule has 0 aliphatic heterocycles. The summed E-state index contributed by atoms with van der Waals surface area (Å²) in [6.45, 7) is 1.50. The van der Waals surface area contributed by atoms with Crippen molar-refractivity contribution in [2.75, 3.05) is 5.32 Å². The van der Waals surface area contributed by atoms with E-state index >= 15 is 0 Å². The molecular formula is C14H16N2O2. The Kier molecular flexibility index (Phi) is 3.77. The number of Topliss-reactive ketones (excluding diaryl/α,β-unsaturated/α-hetero) is 1. The van der Waals surface area contributed by atoms with Gasteiger partial charge in [0.2, 0.25) is 0 Å². The van der Waals surface area contributed by atoms with Crippen LogP contribution in [-0.2, 0) is 0 Å². The smallest absolute Gasteiger partial charge is 0.319 e. The Morgan fingerprint density at radius 2 is 1.94 bits per heavy atom. The largest absolute Gasteiger partial charge is 0.335 e. The molecule has 0 radical (unpaired) electrons. The molecule has 0 fully saturated rings. The van der Waals surface area contributed by atoms with E-state index in [0.717, 1.165) is 12.8 Å². The van der Waals surface area contributed by atoms with Gasteiger partial charge in [-0.1, -0.05) is 24.3 Å². The van der Waals surface area contributed by atoms with Crippen molar-refractivity contribution in [2.45, 2.75) is 25.8 Å². The Bertz CT molecular complexity index is 486. The van der Waals surface area contributed by atoms with Gasteiger partial charge in [0.1, 0.15) is 0 Å². The molecule has 0 atom stereocenters. The molecule has 0 saturated heterocycles. The highest BCUT2D eigenvalue weighted by Crippen LogP contribution is 2.12. The van der Waals surface area contributed by atoms with E-state index in [1.54, 1.807) is 24.3 Å². The lowest BCUT2D eigenvalue weighted by Gasteiger charge is -2.13. The molecule has 1 aromatic rings. The maximum absolute atomic E-state index is 11.7. The second-order valence-electron chi connectivity index (χ2n) is 4.38. The quantitative estimate of drug-likeness (QED) is 0.634. The van der Waals surface area contributed by atoms with Crippen LogP contribution < -0.4 is 10.6 Å². The third kappa shape index (κ3) is 3.20. The predicted molar refractivity (Wildman–Crippen MR) is 70.8 cm³/mol. The lowest BCUT2D eigenvalue weighted by atomic mass is 10.1. The van der Waals surface area contributed by atoms with Crippen LogP contribution in [0.4, 0.5) is 10.5 Å². The van der Waals surface area contributed by atoms with Crippen molar-refractivity contribution in [2.24, 2.45) is 0 Å². The molecule has 2 N–H and O–H groups in total. The summed E-state index contributed by atoms with van der Waals surface area (Å²) in [7, 11) is 0. The molecule has 0 unspecified atom stereocenters.